The number of carbonyl (C=O) groups is 2. The van der Waals surface area contributed by atoms with Crippen LogP contribution in [0.15, 0.2) is 0 Å². The van der Waals surface area contributed by atoms with E-state index in [-0.39, 0.29) is 11.9 Å². The van der Waals surface area contributed by atoms with Gasteiger partial charge in [-0.2, -0.15) is 0 Å². The van der Waals surface area contributed by atoms with Crippen molar-refractivity contribution < 1.29 is 14.3 Å². The number of aldehydes is 1. The first kappa shape index (κ1) is 10.9. The third kappa shape index (κ3) is 1.62. The van der Waals surface area contributed by atoms with Gasteiger partial charge in [-0.3, -0.25) is 9.59 Å². The van der Waals surface area contributed by atoms with Crippen molar-refractivity contribution in [3.05, 3.63) is 17.2 Å². The third-order valence-corrected chi connectivity index (χ3v) is 3.07. The van der Waals surface area contributed by atoms with Crippen LogP contribution in [0.2, 0.25) is 0 Å². The van der Waals surface area contributed by atoms with Gasteiger partial charge in [0.2, 0.25) is 0 Å². The van der Waals surface area contributed by atoms with Crippen LogP contribution in [0.1, 0.15) is 28.4 Å². The minimum atomic E-state index is -0.189. The zero-order valence-electron chi connectivity index (χ0n) is 9.40. The molecule has 1 unspecified atom stereocenters. The van der Waals surface area contributed by atoms with E-state index in [4.69, 9.17) is 4.74 Å². The Kier molecular flexibility index (Phi) is 2.77. The topological polar surface area (TPSA) is 61.2 Å². The van der Waals surface area contributed by atoms with Crippen LogP contribution in [0.3, 0.4) is 0 Å². The standard InChI is InChI=1S/C11H14N2O3/c1-7-12-9(6-14)10-4-3-8(5-13(7)10)11(15)16-2/h6,8H,3-5H2,1-2H3. The average molecular weight is 222 g/mol. The van der Waals surface area contributed by atoms with E-state index in [1.807, 2.05) is 11.5 Å². The predicted molar refractivity (Wildman–Crippen MR) is 56.2 cm³/mol. The molecule has 0 spiro atoms. The van der Waals surface area contributed by atoms with E-state index in [0.29, 0.717) is 18.7 Å². The van der Waals surface area contributed by atoms with Gasteiger partial charge in [0.05, 0.1) is 13.0 Å². The van der Waals surface area contributed by atoms with Gasteiger partial charge >= 0.3 is 5.97 Å². The molecule has 0 N–H and O–H groups in total. The smallest absolute Gasteiger partial charge is 0.310 e. The lowest BCUT2D eigenvalue weighted by Crippen LogP contribution is -2.28. The van der Waals surface area contributed by atoms with E-state index in [2.05, 4.69) is 4.98 Å². The normalized spacial score (nSPS) is 19.0. The molecule has 1 aliphatic heterocycles. The van der Waals surface area contributed by atoms with E-state index in [1.54, 1.807) is 0 Å². The molecule has 5 nitrogen and oxygen atoms in total. The molecule has 86 valence electrons. The summed E-state index contributed by atoms with van der Waals surface area (Å²) in [7, 11) is 1.40. The van der Waals surface area contributed by atoms with E-state index >= 15 is 0 Å². The Hall–Kier alpha value is -1.65. The molecule has 0 saturated heterocycles. The van der Waals surface area contributed by atoms with Crippen LogP contribution in [0.4, 0.5) is 0 Å². The second-order valence-corrected chi connectivity index (χ2v) is 3.98. The number of nitrogens with zero attached hydrogens (tertiary/aromatic N) is 2. The van der Waals surface area contributed by atoms with Gasteiger partial charge in [-0.15, -0.1) is 0 Å². The van der Waals surface area contributed by atoms with Gasteiger partial charge in [-0.25, -0.2) is 4.98 Å². The highest BCUT2D eigenvalue weighted by atomic mass is 16.5. The van der Waals surface area contributed by atoms with Crippen LogP contribution in [-0.4, -0.2) is 28.9 Å². The number of ether oxygens (including phenoxy) is 1. The van der Waals surface area contributed by atoms with Crippen molar-refractivity contribution in [1.29, 1.82) is 0 Å². The fraction of sp³-hybridized carbons (Fsp3) is 0.545. The van der Waals surface area contributed by atoms with Crippen molar-refractivity contribution in [3.63, 3.8) is 0 Å². The maximum atomic E-state index is 11.4. The van der Waals surface area contributed by atoms with Crippen LogP contribution < -0.4 is 0 Å². The minimum absolute atomic E-state index is 0.120. The zero-order chi connectivity index (χ0) is 11.7. The fourth-order valence-corrected chi connectivity index (χ4v) is 2.21. The number of fused-ring (bicyclic) bond motifs is 1. The lowest BCUT2D eigenvalue weighted by molar-refractivity contribution is -0.146. The number of hydrogen-bond donors (Lipinski definition) is 0. The minimum Gasteiger partial charge on any atom is -0.469 e. The summed E-state index contributed by atoms with van der Waals surface area (Å²) < 4.78 is 6.67. The highest BCUT2D eigenvalue weighted by molar-refractivity contribution is 5.75. The van der Waals surface area contributed by atoms with Crippen molar-refractivity contribution in [2.24, 2.45) is 5.92 Å². The second kappa shape index (κ2) is 4.08. The first-order valence-corrected chi connectivity index (χ1v) is 5.26. The van der Waals surface area contributed by atoms with Gasteiger partial charge in [0.1, 0.15) is 11.5 Å². The highest BCUT2D eigenvalue weighted by Gasteiger charge is 2.28. The molecule has 0 radical (unpaired) electrons. The van der Waals surface area contributed by atoms with Crippen molar-refractivity contribution >= 4 is 12.3 Å². The average Bonchev–Trinajstić information content (AvgIpc) is 2.64. The number of rotatable bonds is 2. The zero-order valence-corrected chi connectivity index (χ0v) is 9.40. The van der Waals surface area contributed by atoms with E-state index in [1.165, 1.54) is 7.11 Å². The maximum absolute atomic E-state index is 11.4. The summed E-state index contributed by atoms with van der Waals surface area (Å²) in [5, 5.41) is 0. The summed E-state index contributed by atoms with van der Waals surface area (Å²) in [5.74, 6) is 0.474. The predicted octanol–water partition coefficient (Wildman–Crippen LogP) is 0.739. The molecule has 0 amide bonds. The molecule has 16 heavy (non-hydrogen) atoms. The Morgan fingerprint density at radius 3 is 3.00 bits per heavy atom. The molecule has 0 saturated carbocycles. The van der Waals surface area contributed by atoms with Crippen molar-refractivity contribution in [3.8, 4) is 0 Å². The van der Waals surface area contributed by atoms with Crippen molar-refractivity contribution in [2.75, 3.05) is 7.11 Å². The van der Waals surface area contributed by atoms with Gasteiger partial charge < -0.3 is 9.30 Å². The molecule has 2 rings (SSSR count). The SMILES string of the molecule is COC(=O)C1CCc2c(C=O)nc(C)n2C1. The van der Waals surface area contributed by atoms with Crippen LogP contribution in [0.5, 0.6) is 0 Å². The largest absolute Gasteiger partial charge is 0.469 e. The highest BCUT2D eigenvalue weighted by Crippen LogP contribution is 2.24. The van der Waals surface area contributed by atoms with Crippen LogP contribution in [0.25, 0.3) is 0 Å². The number of imidazole rings is 1. The molecular weight excluding hydrogens is 208 g/mol. The molecule has 0 fully saturated rings. The quantitative estimate of drug-likeness (QED) is 0.547. The monoisotopic (exact) mass is 222 g/mol. The molecule has 1 aromatic heterocycles. The van der Waals surface area contributed by atoms with Crippen molar-refractivity contribution in [1.82, 2.24) is 9.55 Å². The van der Waals surface area contributed by atoms with Crippen molar-refractivity contribution in [2.45, 2.75) is 26.3 Å². The third-order valence-electron chi connectivity index (χ3n) is 3.07. The molecule has 0 aliphatic carbocycles. The number of methoxy groups -OCH3 is 1. The van der Waals surface area contributed by atoms with Crippen LogP contribution >= 0.6 is 0 Å². The van der Waals surface area contributed by atoms with Crippen LogP contribution in [0, 0.1) is 12.8 Å². The van der Waals surface area contributed by atoms with Gasteiger partial charge in [0, 0.05) is 12.2 Å². The first-order valence-electron chi connectivity index (χ1n) is 5.26. The Balaban J connectivity index is 2.30. The van der Waals surface area contributed by atoms with Gasteiger partial charge in [0.25, 0.3) is 0 Å². The van der Waals surface area contributed by atoms with Gasteiger partial charge in [0.15, 0.2) is 6.29 Å². The Bertz CT molecular complexity index is 437. The molecule has 1 aromatic rings. The van der Waals surface area contributed by atoms with Gasteiger partial charge in [-0.1, -0.05) is 0 Å². The summed E-state index contributed by atoms with van der Waals surface area (Å²) in [4.78, 5) is 26.4. The summed E-state index contributed by atoms with van der Waals surface area (Å²) in [5.41, 5.74) is 1.44. The molecular formula is C11H14N2O3. The summed E-state index contributed by atoms with van der Waals surface area (Å²) >= 11 is 0. The van der Waals surface area contributed by atoms with E-state index in [9.17, 15) is 9.59 Å². The number of carbonyl (C=O) groups excluding carboxylic acids is 2. The number of esters is 1. The Morgan fingerprint density at radius 2 is 2.38 bits per heavy atom. The molecule has 2 heterocycles. The molecule has 5 heteroatoms. The second-order valence-electron chi connectivity index (χ2n) is 3.98. The molecule has 1 aliphatic rings. The number of aromatic nitrogens is 2. The number of aryl methyl sites for hydroxylation is 1. The lowest BCUT2D eigenvalue weighted by Gasteiger charge is -2.23. The summed E-state index contributed by atoms with van der Waals surface area (Å²) in [6.07, 6.45) is 2.20. The van der Waals surface area contributed by atoms with Crippen LogP contribution in [-0.2, 0) is 22.5 Å². The summed E-state index contributed by atoms with van der Waals surface area (Å²) in [6, 6.07) is 0. The Morgan fingerprint density at radius 1 is 1.62 bits per heavy atom. The number of hydrogen-bond acceptors (Lipinski definition) is 4. The van der Waals surface area contributed by atoms with Gasteiger partial charge in [-0.05, 0) is 19.8 Å². The summed E-state index contributed by atoms with van der Waals surface area (Å²) in [6.45, 7) is 2.41. The molecule has 0 bridgehead atoms. The molecule has 0 aromatic carbocycles. The lowest BCUT2D eigenvalue weighted by atomic mass is 9.97. The maximum Gasteiger partial charge on any atom is 0.310 e. The van der Waals surface area contributed by atoms with E-state index < -0.39 is 0 Å². The molecule has 1 atom stereocenters. The van der Waals surface area contributed by atoms with E-state index in [0.717, 1.165) is 24.2 Å². The Labute approximate surface area is 93.4 Å². The first-order chi connectivity index (χ1) is 7.67. The fourth-order valence-electron chi connectivity index (χ4n) is 2.21.